The Balaban J connectivity index is 1.73. The maximum absolute atomic E-state index is 12.7. The first kappa shape index (κ1) is 23.3. The van der Waals surface area contributed by atoms with Gasteiger partial charge in [0.2, 0.25) is 0 Å². The number of aliphatic carboxylic acids is 1. The van der Waals surface area contributed by atoms with Gasteiger partial charge in [0.1, 0.15) is 11.9 Å². The highest BCUT2D eigenvalue weighted by Gasteiger charge is 2.30. The zero-order valence-electron chi connectivity index (χ0n) is 17.3. The second kappa shape index (κ2) is 9.39. The summed E-state index contributed by atoms with van der Waals surface area (Å²) in [5, 5.41) is 11.9. The smallest absolute Gasteiger partial charge is 0.416 e. The number of carboxylic acid groups (broad SMARTS) is 1. The number of benzene rings is 2. The number of aliphatic imine (C=N–C) groups is 2. The lowest BCUT2D eigenvalue weighted by Crippen LogP contribution is -2.46. The highest BCUT2D eigenvalue weighted by atomic mass is 19.4. The number of halogens is 3. The van der Waals surface area contributed by atoms with Crippen LogP contribution in [0.3, 0.4) is 0 Å². The van der Waals surface area contributed by atoms with Crippen molar-refractivity contribution in [3.8, 4) is 0 Å². The van der Waals surface area contributed by atoms with Gasteiger partial charge in [0, 0.05) is 5.92 Å². The minimum absolute atomic E-state index is 0.163. The molecule has 170 valence electrons. The van der Waals surface area contributed by atoms with Crippen LogP contribution in [-0.2, 0) is 23.9 Å². The molecule has 2 aromatic carbocycles. The Labute approximate surface area is 183 Å². The van der Waals surface area contributed by atoms with E-state index in [0.717, 1.165) is 23.3 Å². The molecule has 2 unspecified atom stereocenters. The zero-order chi connectivity index (χ0) is 23.5. The molecule has 10 heteroatoms. The number of carboxylic acids is 1. The van der Waals surface area contributed by atoms with Crippen LogP contribution in [0.5, 0.6) is 0 Å². The molecular weight excluding hydrogens is 423 g/mol. The van der Waals surface area contributed by atoms with E-state index in [1.165, 1.54) is 12.1 Å². The van der Waals surface area contributed by atoms with Crippen LogP contribution in [0.15, 0.2) is 58.5 Å². The first-order valence-electron chi connectivity index (χ1n) is 9.92. The number of hydrogen-bond donors (Lipinski definition) is 4. The largest absolute Gasteiger partial charge is 0.480 e. The average Bonchev–Trinajstić information content (AvgIpc) is 2.74. The highest BCUT2D eigenvalue weighted by molar-refractivity contribution is 6.02. The van der Waals surface area contributed by atoms with Crippen molar-refractivity contribution in [2.75, 3.05) is 0 Å². The van der Waals surface area contributed by atoms with E-state index in [-0.39, 0.29) is 30.9 Å². The van der Waals surface area contributed by atoms with Gasteiger partial charge in [-0.05, 0) is 35.2 Å². The number of guanidine groups is 1. The molecule has 3 rings (SSSR count). The molecule has 7 nitrogen and oxygen atoms in total. The van der Waals surface area contributed by atoms with E-state index in [4.69, 9.17) is 16.6 Å². The van der Waals surface area contributed by atoms with E-state index in [1.807, 2.05) is 19.1 Å². The Hall–Kier alpha value is -3.40. The Morgan fingerprint density at radius 1 is 1.16 bits per heavy atom. The second-order valence-corrected chi connectivity index (χ2v) is 7.66. The monoisotopic (exact) mass is 447 g/mol. The number of carbonyl (C=O) groups is 1. The summed E-state index contributed by atoms with van der Waals surface area (Å²) in [6.45, 7) is 2.12. The number of nitrogens with zero attached hydrogens (tertiary/aromatic N) is 2. The van der Waals surface area contributed by atoms with Crippen LogP contribution < -0.4 is 16.8 Å². The summed E-state index contributed by atoms with van der Waals surface area (Å²) in [7, 11) is 0. The molecule has 6 N–H and O–H groups in total. The molecule has 1 aliphatic rings. The molecule has 0 fully saturated rings. The fourth-order valence-electron chi connectivity index (χ4n) is 3.40. The van der Waals surface area contributed by atoms with Crippen molar-refractivity contribution >= 4 is 17.8 Å². The van der Waals surface area contributed by atoms with Crippen molar-refractivity contribution in [3.63, 3.8) is 0 Å². The van der Waals surface area contributed by atoms with Crippen molar-refractivity contribution in [1.29, 1.82) is 0 Å². The first-order valence-corrected chi connectivity index (χ1v) is 9.92. The van der Waals surface area contributed by atoms with Crippen molar-refractivity contribution in [2.24, 2.45) is 27.4 Å². The van der Waals surface area contributed by atoms with Gasteiger partial charge in [-0.1, -0.05) is 43.3 Å². The van der Waals surface area contributed by atoms with E-state index in [0.29, 0.717) is 11.4 Å². The van der Waals surface area contributed by atoms with Crippen LogP contribution in [0.2, 0.25) is 0 Å². The molecule has 0 saturated heterocycles. The summed E-state index contributed by atoms with van der Waals surface area (Å²) in [4.78, 5) is 19.9. The summed E-state index contributed by atoms with van der Waals surface area (Å²) in [5.74, 6) is -0.452. The first-order chi connectivity index (χ1) is 15.0. The third kappa shape index (κ3) is 5.64. The van der Waals surface area contributed by atoms with E-state index >= 15 is 0 Å². The Bertz CT molecular complexity index is 1020. The van der Waals surface area contributed by atoms with Gasteiger partial charge in [-0.2, -0.15) is 13.2 Å². The predicted molar refractivity (Wildman–Crippen MR) is 115 cm³/mol. The summed E-state index contributed by atoms with van der Waals surface area (Å²) in [5.41, 5.74) is 13.1. The van der Waals surface area contributed by atoms with E-state index in [1.54, 1.807) is 12.1 Å². The fourth-order valence-corrected chi connectivity index (χ4v) is 3.40. The van der Waals surface area contributed by atoms with E-state index in [2.05, 4.69) is 15.3 Å². The SMILES string of the molecule is CC1C(=NCc2ccc(C(F)(F)F)cc2)NC(N)=NC1c1ccc(C[C@H](N)C(=O)O)cc1. The highest BCUT2D eigenvalue weighted by Crippen LogP contribution is 2.31. The topological polar surface area (TPSA) is 126 Å². The lowest BCUT2D eigenvalue weighted by Gasteiger charge is -2.28. The maximum Gasteiger partial charge on any atom is 0.416 e. The predicted octanol–water partition coefficient (Wildman–Crippen LogP) is 2.85. The number of amidine groups is 1. The summed E-state index contributed by atoms with van der Waals surface area (Å²) >= 11 is 0. The summed E-state index contributed by atoms with van der Waals surface area (Å²) in [6.07, 6.45) is -4.17. The summed E-state index contributed by atoms with van der Waals surface area (Å²) < 4.78 is 38.2. The van der Waals surface area contributed by atoms with Crippen molar-refractivity contribution in [1.82, 2.24) is 5.32 Å². The molecule has 0 saturated carbocycles. The number of nitrogens with two attached hydrogens (primary N) is 2. The normalized spacial score (nSPS) is 21.0. The van der Waals surface area contributed by atoms with Crippen molar-refractivity contribution in [2.45, 2.75) is 38.1 Å². The Morgan fingerprint density at radius 2 is 1.75 bits per heavy atom. The molecule has 32 heavy (non-hydrogen) atoms. The van der Waals surface area contributed by atoms with Gasteiger partial charge in [0.25, 0.3) is 0 Å². The average molecular weight is 447 g/mol. The zero-order valence-corrected chi connectivity index (χ0v) is 17.3. The van der Waals surface area contributed by atoms with E-state index < -0.39 is 23.8 Å². The third-order valence-electron chi connectivity index (χ3n) is 5.25. The lowest BCUT2D eigenvalue weighted by molar-refractivity contribution is -0.139. The molecule has 2 aromatic rings. The van der Waals surface area contributed by atoms with Gasteiger partial charge >= 0.3 is 12.1 Å². The van der Waals surface area contributed by atoms with Crippen molar-refractivity contribution < 1.29 is 23.1 Å². The summed E-state index contributed by atoms with van der Waals surface area (Å²) in [6, 6.07) is 10.9. The van der Waals surface area contributed by atoms with Crippen LogP contribution in [0.4, 0.5) is 13.2 Å². The number of rotatable bonds is 6. The van der Waals surface area contributed by atoms with Gasteiger partial charge in [-0.3, -0.25) is 9.79 Å². The molecule has 1 aliphatic heterocycles. The Morgan fingerprint density at radius 3 is 2.31 bits per heavy atom. The number of alkyl halides is 3. The molecule has 0 radical (unpaired) electrons. The minimum atomic E-state index is -4.38. The van der Waals surface area contributed by atoms with Gasteiger partial charge in [-0.25, -0.2) is 4.99 Å². The van der Waals surface area contributed by atoms with Gasteiger partial charge < -0.3 is 21.9 Å². The van der Waals surface area contributed by atoms with Crippen molar-refractivity contribution in [3.05, 3.63) is 70.8 Å². The minimum Gasteiger partial charge on any atom is -0.480 e. The quantitative estimate of drug-likeness (QED) is 0.542. The molecular formula is C22H24F3N5O2. The van der Waals surface area contributed by atoms with Crippen LogP contribution in [0, 0.1) is 5.92 Å². The molecule has 0 bridgehead atoms. The number of nitrogens with one attached hydrogen (secondary N) is 1. The van der Waals surface area contributed by atoms with Crippen LogP contribution in [0.25, 0.3) is 0 Å². The Kier molecular flexibility index (Phi) is 6.83. The molecule has 1 heterocycles. The fraction of sp³-hybridized carbons (Fsp3) is 0.318. The maximum atomic E-state index is 12.7. The van der Waals surface area contributed by atoms with Gasteiger partial charge in [0.15, 0.2) is 5.96 Å². The second-order valence-electron chi connectivity index (χ2n) is 7.66. The molecule has 0 aromatic heterocycles. The number of hydrogen-bond acceptors (Lipinski definition) is 5. The van der Waals surface area contributed by atoms with Gasteiger partial charge in [-0.15, -0.1) is 0 Å². The van der Waals surface area contributed by atoms with Crippen LogP contribution in [-0.4, -0.2) is 28.9 Å². The molecule has 0 spiro atoms. The van der Waals surface area contributed by atoms with E-state index in [9.17, 15) is 18.0 Å². The van der Waals surface area contributed by atoms with Crippen LogP contribution >= 0.6 is 0 Å². The lowest BCUT2D eigenvalue weighted by atomic mass is 9.91. The molecule has 0 amide bonds. The van der Waals surface area contributed by atoms with Gasteiger partial charge in [0.05, 0.1) is 18.2 Å². The standard InChI is InChI=1S/C22H24F3N5O2/c1-12-18(15-6-2-13(3-7-15)10-17(26)20(31)32)29-21(27)30-19(12)28-11-14-4-8-16(9-5-14)22(23,24)25/h2-9,12,17-18H,10-11,26H2,1H3,(H,31,32)(H3,27,28,29,30)/t12?,17-,18?/m0/s1. The molecule has 0 aliphatic carbocycles. The third-order valence-corrected chi connectivity index (χ3v) is 5.25. The van der Waals surface area contributed by atoms with Crippen LogP contribution in [0.1, 0.15) is 35.2 Å². The molecule has 3 atom stereocenters.